The number of halogens is 6. The fourth-order valence-electron chi connectivity index (χ4n) is 6.93. The van der Waals surface area contributed by atoms with Crippen molar-refractivity contribution in [3.8, 4) is 12.3 Å². The second kappa shape index (κ2) is 11.0. The summed E-state index contributed by atoms with van der Waals surface area (Å²) in [6.45, 7) is 2.94. The fourth-order valence-corrected chi connectivity index (χ4v) is 8.96. The molecule has 1 aliphatic heterocycles. The molecule has 2 N–H and O–H groups in total. The van der Waals surface area contributed by atoms with Crippen LogP contribution in [0.25, 0.3) is 5.57 Å². The lowest BCUT2D eigenvalue weighted by Gasteiger charge is -2.40. The highest BCUT2D eigenvalue weighted by Crippen LogP contribution is 2.66. The van der Waals surface area contributed by atoms with Gasteiger partial charge in [-0.15, -0.1) is 17.8 Å². The largest absolute Gasteiger partial charge is 0.399 e. The zero-order valence-electron chi connectivity index (χ0n) is 23.0. The molecule has 224 valence electrons. The lowest BCUT2D eigenvalue weighted by molar-refractivity contribution is -0.197. The smallest absolute Gasteiger partial charge is 0.352 e. The van der Waals surface area contributed by atoms with E-state index in [-0.39, 0.29) is 45.4 Å². The molecular formula is C31H30Cl3F3N2O2S. The van der Waals surface area contributed by atoms with Crippen molar-refractivity contribution in [2.45, 2.75) is 69.2 Å². The van der Waals surface area contributed by atoms with Crippen LogP contribution in [-0.2, 0) is 23.0 Å². The monoisotopic (exact) mass is 656 g/mol. The summed E-state index contributed by atoms with van der Waals surface area (Å²) in [5.74, 6) is 1.64. The molecule has 0 bridgehead atoms. The molecule has 1 saturated carbocycles. The Kier molecular flexibility index (Phi) is 7.95. The molecule has 4 atom stereocenters. The van der Waals surface area contributed by atoms with Crippen LogP contribution in [-0.4, -0.2) is 37.5 Å². The molecule has 4 unspecified atom stereocenters. The lowest BCUT2D eigenvalue weighted by atomic mass is 9.67. The minimum absolute atomic E-state index is 0.00872. The topological polar surface area (TPSA) is 53.7 Å². The number of epoxide rings is 1. The zero-order valence-corrected chi connectivity index (χ0v) is 26.0. The van der Waals surface area contributed by atoms with Gasteiger partial charge in [-0.3, -0.25) is 10.1 Å². The van der Waals surface area contributed by atoms with E-state index >= 15 is 13.2 Å². The van der Waals surface area contributed by atoms with Crippen LogP contribution in [0.2, 0.25) is 15.1 Å². The number of rotatable bonds is 7. The van der Waals surface area contributed by atoms with Gasteiger partial charge in [0.1, 0.15) is 0 Å². The summed E-state index contributed by atoms with van der Waals surface area (Å²) >= 11 is 20.1. The number of alkyl halides is 3. The van der Waals surface area contributed by atoms with Crippen molar-refractivity contribution in [3.63, 3.8) is 0 Å². The minimum Gasteiger partial charge on any atom is -0.352 e. The molecule has 0 spiro atoms. The second-order valence-electron chi connectivity index (χ2n) is 11.9. The first-order valence-electron chi connectivity index (χ1n) is 14.1. The molecule has 11 heteroatoms. The van der Waals surface area contributed by atoms with Gasteiger partial charge in [-0.2, -0.15) is 13.2 Å². The molecule has 2 fully saturated rings. The number of carbonyl (C=O) groups is 1. The Morgan fingerprint density at radius 1 is 1.19 bits per heavy atom. The van der Waals surface area contributed by atoms with Crippen LogP contribution in [0.1, 0.15) is 70.3 Å². The normalized spacial score (nSPS) is 28.4. The first-order chi connectivity index (χ1) is 19.9. The quantitative estimate of drug-likeness (QED) is 0.181. The second-order valence-corrected chi connectivity index (χ2v) is 14.1. The van der Waals surface area contributed by atoms with Gasteiger partial charge in [0.15, 0.2) is 5.72 Å². The van der Waals surface area contributed by atoms with E-state index in [1.54, 1.807) is 0 Å². The Morgan fingerprint density at radius 3 is 2.52 bits per heavy atom. The molecule has 1 amide bonds. The molecule has 2 aromatic rings. The summed E-state index contributed by atoms with van der Waals surface area (Å²) in [5, 5.41) is 6.13. The SMILES string of the molecule is C#CCNC1(CNC(=O)c2sc(C3=C(C)CCC4CC4C(c4cc(Cl)c(Cl)c(Cl)c4)(C(F)(F)F)C3)c3c2CCC3)CO1. The molecule has 6 rings (SSSR count). The first-order valence-corrected chi connectivity index (χ1v) is 16.0. The summed E-state index contributed by atoms with van der Waals surface area (Å²) in [6, 6.07) is 2.68. The molecule has 4 nitrogen and oxygen atoms in total. The van der Waals surface area contributed by atoms with Crippen molar-refractivity contribution in [1.82, 2.24) is 10.6 Å². The number of allylic oxidation sites excluding steroid dienone is 2. The van der Waals surface area contributed by atoms with Gasteiger partial charge in [0.2, 0.25) is 0 Å². The van der Waals surface area contributed by atoms with E-state index in [4.69, 9.17) is 46.0 Å². The Balaban J connectivity index is 1.41. The maximum absolute atomic E-state index is 15.5. The van der Waals surface area contributed by atoms with E-state index in [0.29, 0.717) is 36.4 Å². The molecule has 1 aromatic heterocycles. The van der Waals surface area contributed by atoms with Crippen molar-refractivity contribution in [1.29, 1.82) is 0 Å². The van der Waals surface area contributed by atoms with Crippen LogP contribution in [0.15, 0.2) is 17.7 Å². The molecule has 1 saturated heterocycles. The summed E-state index contributed by atoms with van der Waals surface area (Å²) in [6.07, 6.45) is 4.73. The third-order valence-corrected chi connectivity index (χ3v) is 11.9. The molecule has 3 aliphatic carbocycles. The zero-order chi connectivity index (χ0) is 30.0. The molecular weight excluding hydrogens is 628 g/mol. The first kappa shape index (κ1) is 30.3. The number of terminal acetylenes is 1. The maximum Gasteiger partial charge on any atom is 0.399 e. The van der Waals surface area contributed by atoms with Crippen molar-refractivity contribution < 1.29 is 22.7 Å². The van der Waals surface area contributed by atoms with Crippen LogP contribution >= 0.6 is 46.1 Å². The predicted molar refractivity (Wildman–Crippen MR) is 161 cm³/mol. The number of benzene rings is 1. The third-order valence-electron chi connectivity index (χ3n) is 9.41. The number of hydrogen-bond acceptors (Lipinski definition) is 4. The highest BCUT2D eigenvalue weighted by molar-refractivity contribution is 7.15. The number of ether oxygens (including phenoxy) is 1. The van der Waals surface area contributed by atoms with Crippen molar-refractivity contribution in [2.75, 3.05) is 19.7 Å². The van der Waals surface area contributed by atoms with Crippen molar-refractivity contribution in [3.05, 3.63) is 59.2 Å². The van der Waals surface area contributed by atoms with Crippen LogP contribution < -0.4 is 10.6 Å². The van der Waals surface area contributed by atoms with Gasteiger partial charge in [-0.05, 0) is 98.1 Å². The molecule has 4 aliphatic rings. The average Bonchev–Trinajstić information content (AvgIpc) is 3.79. The highest BCUT2D eigenvalue weighted by atomic mass is 35.5. The van der Waals surface area contributed by atoms with Gasteiger partial charge in [0, 0.05) is 4.88 Å². The van der Waals surface area contributed by atoms with Crippen LogP contribution in [0.4, 0.5) is 13.2 Å². The molecule has 42 heavy (non-hydrogen) atoms. The summed E-state index contributed by atoms with van der Waals surface area (Å²) in [5.41, 5.74) is 0.761. The van der Waals surface area contributed by atoms with E-state index in [2.05, 4.69) is 16.6 Å². The minimum atomic E-state index is -4.57. The Morgan fingerprint density at radius 2 is 1.88 bits per heavy atom. The number of thiophene rings is 1. The van der Waals surface area contributed by atoms with E-state index in [0.717, 1.165) is 47.3 Å². The van der Waals surface area contributed by atoms with Crippen LogP contribution in [0.3, 0.4) is 0 Å². The van der Waals surface area contributed by atoms with E-state index < -0.39 is 23.2 Å². The number of carbonyl (C=O) groups excluding carboxylic acids is 1. The fraction of sp³-hybridized carbons (Fsp3) is 0.516. The average molecular weight is 658 g/mol. The van der Waals surface area contributed by atoms with Crippen molar-refractivity contribution >= 4 is 57.6 Å². The van der Waals surface area contributed by atoms with Gasteiger partial charge >= 0.3 is 6.18 Å². The Bertz CT molecular complexity index is 1500. The van der Waals surface area contributed by atoms with Gasteiger partial charge < -0.3 is 10.1 Å². The summed E-state index contributed by atoms with van der Waals surface area (Å²) in [4.78, 5) is 14.8. The number of nitrogens with one attached hydrogen (secondary N) is 2. The van der Waals surface area contributed by atoms with Crippen molar-refractivity contribution in [2.24, 2.45) is 11.8 Å². The number of hydrogen-bond donors (Lipinski definition) is 2. The van der Waals surface area contributed by atoms with E-state index in [1.165, 1.54) is 23.5 Å². The summed E-state index contributed by atoms with van der Waals surface area (Å²) in [7, 11) is 0. The summed E-state index contributed by atoms with van der Waals surface area (Å²) < 4.78 is 52.1. The lowest BCUT2D eigenvalue weighted by Crippen LogP contribution is -2.45. The number of amides is 1. The highest BCUT2D eigenvalue weighted by Gasteiger charge is 2.67. The van der Waals surface area contributed by atoms with E-state index in [9.17, 15) is 4.79 Å². The number of fused-ring (bicyclic) bond motifs is 2. The van der Waals surface area contributed by atoms with Crippen LogP contribution in [0.5, 0.6) is 0 Å². The molecule has 1 aromatic carbocycles. The Labute approximate surface area is 262 Å². The standard InChI is InChI=1S/C31H30Cl3F3N2O2S/c1-3-9-39-29(15-41-29)14-38-28(40)27-20-6-4-5-19(20)26(42-27)21-13-30(31(35,36)37,22-10-17(22)8-7-16(21)2)18-11-23(32)25(34)24(33)12-18/h1,11-12,17,22,39H,4-10,13-15H2,2H3,(H,38,40). The Hall–Kier alpha value is -1.73. The van der Waals surface area contributed by atoms with Gasteiger partial charge in [0.05, 0.1) is 45.1 Å². The van der Waals surface area contributed by atoms with Gasteiger partial charge in [0.25, 0.3) is 5.91 Å². The predicted octanol–water partition coefficient (Wildman–Crippen LogP) is 7.97. The van der Waals surface area contributed by atoms with Gasteiger partial charge in [-0.25, -0.2) is 0 Å². The third kappa shape index (κ3) is 5.18. The molecule has 0 radical (unpaired) electrons. The van der Waals surface area contributed by atoms with Crippen LogP contribution in [0, 0.1) is 24.2 Å². The molecule has 2 heterocycles. The van der Waals surface area contributed by atoms with Gasteiger partial charge in [-0.1, -0.05) is 46.3 Å². The van der Waals surface area contributed by atoms with E-state index in [1.807, 2.05) is 6.92 Å². The maximum atomic E-state index is 15.5.